The summed E-state index contributed by atoms with van der Waals surface area (Å²) in [5.41, 5.74) is 3.03. The van der Waals surface area contributed by atoms with Gasteiger partial charge in [0.1, 0.15) is 0 Å². The predicted octanol–water partition coefficient (Wildman–Crippen LogP) is 5.82. The number of amides is 2. The molecule has 2 aromatic carbocycles. The van der Waals surface area contributed by atoms with Crippen LogP contribution in [0.5, 0.6) is 11.5 Å². The lowest BCUT2D eigenvalue weighted by Gasteiger charge is -2.30. The minimum absolute atomic E-state index is 0.343. The number of aromatic nitrogens is 2. The highest BCUT2D eigenvalue weighted by Gasteiger charge is 2.17. The lowest BCUT2D eigenvalue weighted by atomic mass is 9.99. The highest BCUT2D eigenvalue weighted by molar-refractivity contribution is 6.00. The van der Waals surface area contributed by atoms with Gasteiger partial charge in [0.2, 0.25) is 0 Å². The van der Waals surface area contributed by atoms with E-state index < -0.39 is 0 Å². The quantitative estimate of drug-likeness (QED) is 0.427. The Hall–Kier alpha value is -3.81. The number of hydrogen-bond donors (Lipinski definition) is 2. The van der Waals surface area contributed by atoms with Crippen LogP contribution in [0.1, 0.15) is 33.6 Å². The molecule has 0 unspecified atom stereocenters. The summed E-state index contributed by atoms with van der Waals surface area (Å²) in [6, 6.07) is 16.6. The van der Waals surface area contributed by atoms with E-state index in [0.717, 1.165) is 36.1 Å². The van der Waals surface area contributed by atoms with Crippen molar-refractivity contribution in [2.24, 2.45) is 5.92 Å². The van der Waals surface area contributed by atoms with Gasteiger partial charge in [-0.05, 0) is 69.0 Å². The van der Waals surface area contributed by atoms with E-state index in [1.807, 2.05) is 50.2 Å². The number of carbonyl (C=O) groups is 1. The summed E-state index contributed by atoms with van der Waals surface area (Å²) >= 11 is 0. The standard InChI is InChI=1S/C27H33N5O3/c1-4-34-24-12-10-22(18-25(24)35-5-2)29-27(33)28-21-8-6-20(7-9-21)23-11-13-26(31-30-23)32-16-14-19(3)15-17-32/h6-13,18-19H,4-5,14-17H2,1-3H3,(H2,28,29,33). The molecule has 0 spiro atoms. The van der Waals surface area contributed by atoms with Crippen LogP contribution in [0.25, 0.3) is 11.3 Å². The van der Waals surface area contributed by atoms with Crippen LogP contribution in [0, 0.1) is 5.92 Å². The Bertz CT molecular complexity index is 1110. The Morgan fingerprint density at radius 1 is 0.886 bits per heavy atom. The van der Waals surface area contributed by atoms with Gasteiger partial charge in [0, 0.05) is 36.1 Å². The van der Waals surface area contributed by atoms with Gasteiger partial charge >= 0.3 is 6.03 Å². The van der Waals surface area contributed by atoms with Crippen molar-refractivity contribution in [3.05, 3.63) is 54.6 Å². The summed E-state index contributed by atoms with van der Waals surface area (Å²) in [6.45, 7) is 9.22. The lowest BCUT2D eigenvalue weighted by molar-refractivity contribution is 0.262. The highest BCUT2D eigenvalue weighted by Crippen LogP contribution is 2.31. The van der Waals surface area contributed by atoms with Crippen molar-refractivity contribution in [2.45, 2.75) is 33.6 Å². The van der Waals surface area contributed by atoms with E-state index >= 15 is 0 Å². The van der Waals surface area contributed by atoms with Crippen LogP contribution < -0.4 is 25.0 Å². The summed E-state index contributed by atoms with van der Waals surface area (Å²) in [6.07, 6.45) is 2.38. The molecule has 1 fully saturated rings. The number of rotatable bonds is 8. The zero-order chi connectivity index (χ0) is 24.6. The number of nitrogens with zero attached hydrogens (tertiary/aromatic N) is 3. The molecule has 8 nitrogen and oxygen atoms in total. The van der Waals surface area contributed by atoms with Gasteiger partial charge in [-0.3, -0.25) is 0 Å². The second-order valence-corrected chi connectivity index (χ2v) is 8.63. The first-order valence-electron chi connectivity index (χ1n) is 12.2. The molecule has 2 heterocycles. The molecule has 0 atom stereocenters. The molecule has 1 aliphatic heterocycles. The van der Waals surface area contributed by atoms with E-state index in [9.17, 15) is 4.79 Å². The van der Waals surface area contributed by atoms with E-state index in [-0.39, 0.29) is 6.03 Å². The summed E-state index contributed by atoms with van der Waals surface area (Å²) in [5, 5.41) is 14.5. The normalized spacial score (nSPS) is 13.9. The second kappa shape index (κ2) is 11.6. The summed E-state index contributed by atoms with van der Waals surface area (Å²) in [5.74, 6) is 2.95. The Morgan fingerprint density at radius 2 is 1.54 bits per heavy atom. The minimum Gasteiger partial charge on any atom is -0.490 e. The van der Waals surface area contributed by atoms with E-state index in [2.05, 4.69) is 32.7 Å². The molecular weight excluding hydrogens is 442 g/mol. The predicted molar refractivity (Wildman–Crippen MR) is 140 cm³/mol. The Balaban J connectivity index is 1.35. The SMILES string of the molecule is CCOc1ccc(NC(=O)Nc2ccc(-c3ccc(N4CCC(C)CC4)nn3)cc2)cc1OCC. The number of benzene rings is 2. The molecule has 1 aliphatic rings. The van der Waals surface area contributed by atoms with Gasteiger partial charge in [0.05, 0.1) is 18.9 Å². The van der Waals surface area contributed by atoms with Crippen LogP contribution in [-0.2, 0) is 0 Å². The molecule has 4 rings (SSSR count). The third kappa shape index (κ3) is 6.41. The van der Waals surface area contributed by atoms with Crippen LogP contribution in [0.15, 0.2) is 54.6 Å². The number of piperidine rings is 1. The fraction of sp³-hybridized carbons (Fsp3) is 0.370. The van der Waals surface area contributed by atoms with E-state index in [0.29, 0.717) is 36.1 Å². The number of hydrogen-bond acceptors (Lipinski definition) is 6. The third-order valence-corrected chi connectivity index (χ3v) is 6.00. The maximum absolute atomic E-state index is 12.5. The summed E-state index contributed by atoms with van der Waals surface area (Å²) in [7, 11) is 0. The van der Waals surface area contributed by atoms with Crippen LogP contribution in [-0.4, -0.2) is 42.5 Å². The van der Waals surface area contributed by atoms with E-state index in [4.69, 9.17) is 9.47 Å². The number of urea groups is 1. The molecule has 0 bridgehead atoms. The lowest BCUT2D eigenvalue weighted by Crippen LogP contribution is -2.33. The zero-order valence-corrected chi connectivity index (χ0v) is 20.6. The molecule has 0 aliphatic carbocycles. The molecule has 35 heavy (non-hydrogen) atoms. The van der Waals surface area contributed by atoms with Gasteiger partial charge in [-0.15, -0.1) is 10.2 Å². The maximum atomic E-state index is 12.5. The first-order chi connectivity index (χ1) is 17.1. The third-order valence-electron chi connectivity index (χ3n) is 6.00. The van der Waals surface area contributed by atoms with E-state index in [1.54, 1.807) is 18.2 Å². The molecule has 1 aromatic heterocycles. The van der Waals surface area contributed by atoms with Gasteiger partial charge in [-0.1, -0.05) is 19.1 Å². The van der Waals surface area contributed by atoms with Gasteiger partial charge in [0.25, 0.3) is 0 Å². The van der Waals surface area contributed by atoms with Crippen molar-refractivity contribution in [1.82, 2.24) is 10.2 Å². The fourth-order valence-electron chi connectivity index (χ4n) is 4.03. The van der Waals surface area contributed by atoms with Gasteiger partial charge in [-0.25, -0.2) is 4.79 Å². The Morgan fingerprint density at radius 3 is 2.20 bits per heavy atom. The van der Waals surface area contributed by atoms with Crippen LogP contribution in [0.3, 0.4) is 0 Å². The molecule has 1 saturated heterocycles. The van der Waals surface area contributed by atoms with Gasteiger partial charge < -0.3 is 25.0 Å². The number of carbonyl (C=O) groups excluding carboxylic acids is 1. The minimum atomic E-state index is -0.343. The smallest absolute Gasteiger partial charge is 0.323 e. The number of anilines is 3. The van der Waals surface area contributed by atoms with Crippen molar-refractivity contribution in [3.63, 3.8) is 0 Å². The van der Waals surface area contributed by atoms with Crippen LogP contribution >= 0.6 is 0 Å². The average Bonchev–Trinajstić information content (AvgIpc) is 2.87. The number of ether oxygens (including phenoxy) is 2. The van der Waals surface area contributed by atoms with Crippen molar-refractivity contribution < 1.29 is 14.3 Å². The molecule has 8 heteroatoms. The highest BCUT2D eigenvalue weighted by atomic mass is 16.5. The van der Waals surface area contributed by atoms with Crippen molar-refractivity contribution in [3.8, 4) is 22.8 Å². The van der Waals surface area contributed by atoms with E-state index in [1.165, 1.54) is 12.8 Å². The summed E-state index contributed by atoms with van der Waals surface area (Å²) in [4.78, 5) is 14.8. The van der Waals surface area contributed by atoms with Crippen LogP contribution in [0.2, 0.25) is 0 Å². The molecular formula is C27H33N5O3. The molecule has 184 valence electrons. The average molecular weight is 476 g/mol. The molecule has 3 aromatic rings. The van der Waals surface area contributed by atoms with Crippen molar-refractivity contribution in [2.75, 3.05) is 41.8 Å². The van der Waals surface area contributed by atoms with Gasteiger partial charge in [0.15, 0.2) is 17.3 Å². The largest absolute Gasteiger partial charge is 0.490 e. The molecule has 2 amide bonds. The topological polar surface area (TPSA) is 88.6 Å². The first kappa shape index (κ1) is 24.3. The first-order valence-corrected chi connectivity index (χ1v) is 12.2. The zero-order valence-electron chi connectivity index (χ0n) is 20.6. The van der Waals surface area contributed by atoms with Crippen LogP contribution in [0.4, 0.5) is 22.0 Å². The van der Waals surface area contributed by atoms with Crippen molar-refractivity contribution in [1.29, 1.82) is 0 Å². The number of nitrogens with one attached hydrogen (secondary N) is 2. The summed E-state index contributed by atoms with van der Waals surface area (Å²) < 4.78 is 11.2. The molecule has 0 radical (unpaired) electrons. The molecule has 0 saturated carbocycles. The Kier molecular flexibility index (Phi) is 8.03. The fourth-order valence-corrected chi connectivity index (χ4v) is 4.03. The van der Waals surface area contributed by atoms with Gasteiger partial charge in [-0.2, -0.15) is 0 Å². The molecule has 2 N–H and O–H groups in total. The monoisotopic (exact) mass is 475 g/mol. The maximum Gasteiger partial charge on any atom is 0.323 e. The second-order valence-electron chi connectivity index (χ2n) is 8.63. The van der Waals surface area contributed by atoms with Crippen molar-refractivity contribution >= 4 is 23.2 Å². The Labute approximate surface area is 206 Å².